The summed E-state index contributed by atoms with van der Waals surface area (Å²) in [7, 11) is 0. The molecule has 1 amide bonds. The highest BCUT2D eigenvalue weighted by Crippen LogP contribution is 2.31. The number of anilines is 1. The average Bonchev–Trinajstić information content (AvgIpc) is 2.30. The fraction of sp³-hybridized carbons (Fsp3) is 0.0714. The molecule has 0 atom stereocenters. The van der Waals surface area contributed by atoms with Gasteiger partial charge in [0.15, 0.2) is 0 Å². The fourth-order valence-electron chi connectivity index (χ4n) is 1.75. The smallest absolute Gasteiger partial charge is 0.221 e. The van der Waals surface area contributed by atoms with Crippen LogP contribution in [0.3, 0.4) is 0 Å². The Morgan fingerprint density at radius 1 is 1.00 bits per heavy atom. The van der Waals surface area contributed by atoms with Crippen molar-refractivity contribution < 1.29 is 13.6 Å². The van der Waals surface area contributed by atoms with E-state index in [1.54, 1.807) is 24.3 Å². The maximum Gasteiger partial charge on any atom is 0.221 e. The molecule has 0 radical (unpaired) electrons. The Balaban J connectivity index is 2.60. The molecule has 1 N–H and O–H groups in total. The van der Waals surface area contributed by atoms with Gasteiger partial charge < -0.3 is 5.32 Å². The molecule has 0 aliphatic heterocycles. The van der Waals surface area contributed by atoms with Gasteiger partial charge in [0.2, 0.25) is 5.91 Å². The maximum absolute atomic E-state index is 13.7. The summed E-state index contributed by atoms with van der Waals surface area (Å²) in [6.45, 7) is 1.34. The molecule has 0 fully saturated rings. The third kappa shape index (κ3) is 2.37. The van der Waals surface area contributed by atoms with E-state index >= 15 is 0 Å². The van der Waals surface area contributed by atoms with Gasteiger partial charge in [-0.2, -0.15) is 0 Å². The first-order valence-corrected chi connectivity index (χ1v) is 5.40. The van der Waals surface area contributed by atoms with Crippen molar-refractivity contribution in [2.45, 2.75) is 6.92 Å². The molecule has 0 aliphatic carbocycles. The fourth-order valence-corrected chi connectivity index (χ4v) is 1.75. The third-order valence-electron chi connectivity index (χ3n) is 2.47. The van der Waals surface area contributed by atoms with E-state index in [1.165, 1.54) is 25.1 Å². The first-order chi connectivity index (χ1) is 8.59. The highest BCUT2D eigenvalue weighted by molar-refractivity contribution is 5.94. The van der Waals surface area contributed by atoms with E-state index in [4.69, 9.17) is 0 Å². The Morgan fingerprint density at radius 3 is 2.22 bits per heavy atom. The second-order valence-electron chi connectivity index (χ2n) is 3.82. The van der Waals surface area contributed by atoms with Crippen LogP contribution in [0.4, 0.5) is 14.5 Å². The lowest BCUT2D eigenvalue weighted by atomic mass is 10.0. The molecule has 2 aromatic carbocycles. The van der Waals surface area contributed by atoms with E-state index in [-0.39, 0.29) is 11.5 Å². The van der Waals surface area contributed by atoms with Crippen molar-refractivity contribution in [1.82, 2.24) is 0 Å². The van der Waals surface area contributed by atoms with Gasteiger partial charge in [-0.3, -0.25) is 4.79 Å². The van der Waals surface area contributed by atoms with Crippen LogP contribution in [0, 0.1) is 11.6 Å². The van der Waals surface area contributed by atoms with Gasteiger partial charge in [0, 0.05) is 18.2 Å². The normalized spacial score (nSPS) is 10.2. The lowest BCUT2D eigenvalue weighted by Crippen LogP contribution is -2.07. The van der Waals surface area contributed by atoms with Gasteiger partial charge in [0.1, 0.15) is 11.6 Å². The summed E-state index contributed by atoms with van der Waals surface area (Å²) >= 11 is 0. The summed E-state index contributed by atoms with van der Waals surface area (Å²) in [5.41, 5.74) is 0.569. The largest absolute Gasteiger partial charge is 0.326 e. The Morgan fingerprint density at radius 2 is 1.61 bits per heavy atom. The number of amides is 1. The summed E-state index contributed by atoms with van der Waals surface area (Å²) in [4.78, 5) is 11.1. The number of hydrogen-bond acceptors (Lipinski definition) is 1. The van der Waals surface area contributed by atoms with Crippen LogP contribution in [0.5, 0.6) is 0 Å². The number of para-hydroxylation sites is 1. The molecule has 4 heteroatoms. The van der Waals surface area contributed by atoms with Gasteiger partial charge in [0.05, 0.1) is 5.56 Å². The van der Waals surface area contributed by atoms with Gasteiger partial charge >= 0.3 is 0 Å². The van der Waals surface area contributed by atoms with E-state index in [0.717, 1.165) is 0 Å². The van der Waals surface area contributed by atoms with Gasteiger partial charge in [-0.05, 0) is 18.2 Å². The molecule has 2 aromatic rings. The molecule has 2 rings (SSSR count). The zero-order valence-electron chi connectivity index (χ0n) is 9.71. The van der Waals surface area contributed by atoms with E-state index < -0.39 is 11.6 Å². The van der Waals surface area contributed by atoms with Crippen molar-refractivity contribution in [3.05, 3.63) is 54.1 Å². The van der Waals surface area contributed by atoms with Gasteiger partial charge in [-0.15, -0.1) is 0 Å². The van der Waals surface area contributed by atoms with Crippen LogP contribution in [0.15, 0.2) is 42.5 Å². The van der Waals surface area contributed by atoms with Crippen molar-refractivity contribution in [3.63, 3.8) is 0 Å². The standard InChI is InChI=1S/C14H11F2NO/c1-9(18)17-13-8-3-2-5-10(13)14-11(15)6-4-7-12(14)16/h2-8H,1H3,(H,17,18). The van der Waals surface area contributed by atoms with Crippen LogP contribution in [0.25, 0.3) is 11.1 Å². The molecule has 0 aliphatic rings. The zero-order valence-corrected chi connectivity index (χ0v) is 9.71. The van der Waals surface area contributed by atoms with Crippen molar-refractivity contribution in [2.75, 3.05) is 5.32 Å². The minimum absolute atomic E-state index is 0.137. The highest BCUT2D eigenvalue weighted by Gasteiger charge is 2.14. The van der Waals surface area contributed by atoms with E-state index in [2.05, 4.69) is 5.32 Å². The van der Waals surface area contributed by atoms with Crippen molar-refractivity contribution in [2.24, 2.45) is 0 Å². The number of nitrogens with one attached hydrogen (secondary N) is 1. The van der Waals surface area contributed by atoms with Gasteiger partial charge in [-0.25, -0.2) is 8.78 Å². The number of halogens is 2. The Hall–Kier alpha value is -2.23. The number of rotatable bonds is 2. The molecule has 0 unspecified atom stereocenters. The summed E-state index contributed by atoms with van der Waals surface area (Å²) in [6.07, 6.45) is 0. The molecule has 0 aromatic heterocycles. The van der Waals surface area contributed by atoms with Gasteiger partial charge in [-0.1, -0.05) is 24.3 Å². The van der Waals surface area contributed by atoms with Crippen LogP contribution in [-0.2, 0) is 4.79 Å². The molecule has 0 heterocycles. The van der Waals surface area contributed by atoms with Crippen molar-refractivity contribution >= 4 is 11.6 Å². The Kier molecular flexibility index (Phi) is 3.37. The third-order valence-corrected chi connectivity index (χ3v) is 2.47. The zero-order chi connectivity index (χ0) is 13.1. The van der Waals surface area contributed by atoms with Gasteiger partial charge in [0.25, 0.3) is 0 Å². The number of benzene rings is 2. The van der Waals surface area contributed by atoms with Crippen LogP contribution in [-0.4, -0.2) is 5.91 Å². The van der Waals surface area contributed by atoms with Crippen LogP contribution >= 0.6 is 0 Å². The molecular weight excluding hydrogens is 236 g/mol. The predicted molar refractivity (Wildman–Crippen MR) is 66.1 cm³/mol. The van der Waals surface area contributed by atoms with E-state index in [9.17, 15) is 13.6 Å². The quantitative estimate of drug-likeness (QED) is 0.863. The molecule has 92 valence electrons. The van der Waals surface area contributed by atoms with Crippen molar-refractivity contribution in [3.8, 4) is 11.1 Å². The van der Waals surface area contributed by atoms with Crippen LogP contribution < -0.4 is 5.32 Å². The average molecular weight is 247 g/mol. The topological polar surface area (TPSA) is 29.1 Å². The summed E-state index contributed by atoms with van der Waals surface area (Å²) in [5.74, 6) is -1.61. The van der Waals surface area contributed by atoms with E-state index in [1.807, 2.05) is 0 Å². The summed E-state index contributed by atoms with van der Waals surface area (Å²) in [5, 5.41) is 2.55. The maximum atomic E-state index is 13.7. The minimum Gasteiger partial charge on any atom is -0.326 e. The Labute approximate surface area is 103 Å². The molecule has 2 nitrogen and oxygen atoms in total. The number of carbonyl (C=O) groups excluding carboxylic acids is 1. The summed E-state index contributed by atoms with van der Waals surface area (Å²) in [6, 6.07) is 10.2. The molecular formula is C14H11F2NO. The van der Waals surface area contributed by atoms with Crippen LogP contribution in [0.1, 0.15) is 6.92 Å². The number of carbonyl (C=O) groups is 1. The number of hydrogen-bond donors (Lipinski definition) is 1. The first-order valence-electron chi connectivity index (χ1n) is 5.40. The molecule has 0 saturated carbocycles. The lowest BCUT2D eigenvalue weighted by molar-refractivity contribution is -0.114. The van der Waals surface area contributed by atoms with Crippen molar-refractivity contribution in [1.29, 1.82) is 0 Å². The lowest BCUT2D eigenvalue weighted by Gasteiger charge is -2.11. The predicted octanol–water partition coefficient (Wildman–Crippen LogP) is 3.59. The SMILES string of the molecule is CC(=O)Nc1ccccc1-c1c(F)cccc1F. The van der Waals surface area contributed by atoms with Crippen LogP contribution in [0.2, 0.25) is 0 Å². The second-order valence-corrected chi connectivity index (χ2v) is 3.82. The highest BCUT2D eigenvalue weighted by atomic mass is 19.1. The molecule has 0 saturated heterocycles. The monoisotopic (exact) mass is 247 g/mol. The summed E-state index contributed by atoms with van der Waals surface area (Å²) < 4.78 is 27.4. The van der Waals surface area contributed by atoms with E-state index in [0.29, 0.717) is 11.3 Å². The molecule has 0 spiro atoms. The Bertz CT molecular complexity index is 576. The molecule has 0 bridgehead atoms. The molecule has 18 heavy (non-hydrogen) atoms. The minimum atomic E-state index is -0.659. The first kappa shape index (κ1) is 12.2. The second kappa shape index (κ2) is 4.96.